The molecule has 2 aromatic rings. The predicted molar refractivity (Wildman–Crippen MR) is 99.3 cm³/mol. The summed E-state index contributed by atoms with van der Waals surface area (Å²) in [5.74, 6) is 1.70. The minimum atomic E-state index is -0.146. The smallest absolute Gasteiger partial charge is 0.119 e. The molecule has 4 heteroatoms. The van der Waals surface area contributed by atoms with E-state index in [1.807, 2.05) is 31.2 Å². The highest BCUT2D eigenvalue weighted by atomic mass is 16.5. The van der Waals surface area contributed by atoms with Crippen LogP contribution in [0.1, 0.15) is 31.9 Å². The molecule has 2 rings (SSSR count). The highest BCUT2D eigenvalue weighted by Crippen LogP contribution is 2.33. The maximum atomic E-state index is 9.06. The van der Waals surface area contributed by atoms with Crippen LogP contribution in [0.4, 0.5) is 0 Å². The van der Waals surface area contributed by atoms with E-state index in [4.69, 9.17) is 19.7 Å². The fourth-order valence-corrected chi connectivity index (χ4v) is 2.56. The molecule has 0 aliphatic heterocycles. The van der Waals surface area contributed by atoms with Crippen LogP contribution in [0.2, 0.25) is 0 Å². The van der Waals surface area contributed by atoms with Crippen molar-refractivity contribution in [2.45, 2.75) is 26.2 Å². The first-order chi connectivity index (χ1) is 12.0. The van der Waals surface area contributed by atoms with Crippen molar-refractivity contribution in [3.05, 3.63) is 59.7 Å². The molecule has 0 spiro atoms. The number of hydrogen-bond donors (Lipinski definition) is 2. The van der Waals surface area contributed by atoms with Gasteiger partial charge in [-0.1, -0.05) is 45.0 Å². The van der Waals surface area contributed by atoms with Crippen LogP contribution >= 0.6 is 0 Å². The van der Waals surface area contributed by atoms with Crippen LogP contribution in [0.15, 0.2) is 48.5 Å². The Kier molecular flexibility index (Phi) is 6.85. The number of aliphatic hydroxyl groups excluding tert-OH is 2. The molecular formula is C21H28O4. The first-order valence-corrected chi connectivity index (χ1v) is 8.65. The Balaban J connectivity index is 2.07. The lowest BCUT2D eigenvalue weighted by Crippen LogP contribution is -2.19. The van der Waals surface area contributed by atoms with Crippen molar-refractivity contribution >= 4 is 0 Å². The number of hydrogen-bond acceptors (Lipinski definition) is 4. The van der Waals surface area contributed by atoms with Crippen LogP contribution in [0.25, 0.3) is 0 Å². The zero-order chi connectivity index (χ0) is 18.3. The Bertz CT molecular complexity index is 632. The van der Waals surface area contributed by atoms with E-state index in [1.165, 1.54) is 11.1 Å². The van der Waals surface area contributed by atoms with Gasteiger partial charge in [-0.15, -0.1) is 0 Å². The molecule has 0 bridgehead atoms. The number of ether oxygens (including phenoxy) is 2. The van der Waals surface area contributed by atoms with E-state index < -0.39 is 0 Å². The summed E-state index contributed by atoms with van der Waals surface area (Å²) in [5.41, 5.74) is 2.23. The maximum Gasteiger partial charge on any atom is 0.119 e. The molecule has 0 amide bonds. The van der Waals surface area contributed by atoms with Crippen LogP contribution in [0, 0.1) is 5.92 Å². The van der Waals surface area contributed by atoms with E-state index in [0.717, 1.165) is 11.5 Å². The molecule has 0 aromatic heterocycles. The average molecular weight is 344 g/mol. The van der Waals surface area contributed by atoms with Gasteiger partial charge in [0.15, 0.2) is 0 Å². The molecule has 0 fully saturated rings. The molecule has 2 N–H and O–H groups in total. The van der Waals surface area contributed by atoms with Gasteiger partial charge in [-0.3, -0.25) is 0 Å². The first kappa shape index (κ1) is 19.3. The topological polar surface area (TPSA) is 58.9 Å². The molecular weight excluding hydrogens is 316 g/mol. The quantitative estimate of drug-likeness (QED) is 0.732. The Labute approximate surface area is 150 Å². The lowest BCUT2D eigenvalue weighted by Gasteiger charge is -2.26. The molecule has 2 aromatic carbocycles. The summed E-state index contributed by atoms with van der Waals surface area (Å²) < 4.78 is 11.1. The average Bonchev–Trinajstić information content (AvgIpc) is 2.65. The van der Waals surface area contributed by atoms with Gasteiger partial charge in [0.25, 0.3) is 0 Å². The molecule has 0 saturated heterocycles. The van der Waals surface area contributed by atoms with Gasteiger partial charge in [0, 0.05) is 17.9 Å². The summed E-state index contributed by atoms with van der Waals surface area (Å²) in [7, 11) is 0. The van der Waals surface area contributed by atoms with E-state index in [0.29, 0.717) is 13.2 Å². The third kappa shape index (κ3) is 5.21. The minimum Gasteiger partial charge on any atom is -0.493 e. The van der Waals surface area contributed by atoms with Crippen LogP contribution in [-0.2, 0) is 5.41 Å². The minimum absolute atomic E-state index is 0.0126. The standard InChI is InChI=1S/C21H28O4/c1-16(14-23)15-25-20-10-6-18(7-11-20)21(2,3)17-4-8-19(9-5-17)24-13-12-22/h4-11,16,22-23H,12-15H2,1-3H3. The van der Waals surface area contributed by atoms with E-state index in [1.54, 1.807) is 0 Å². The zero-order valence-corrected chi connectivity index (χ0v) is 15.2. The van der Waals surface area contributed by atoms with Gasteiger partial charge in [0.05, 0.1) is 13.2 Å². The first-order valence-electron chi connectivity index (χ1n) is 8.65. The number of aliphatic hydroxyl groups is 2. The van der Waals surface area contributed by atoms with E-state index in [-0.39, 0.29) is 24.5 Å². The van der Waals surface area contributed by atoms with Gasteiger partial charge in [0.1, 0.15) is 18.1 Å². The SMILES string of the molecule is CC(CO)COc1ccc(C(C)(C)c2ccc(OCCO)cc2)cc1. The lowest BCUT2D eigenvalue weighted by atomic mass is 9.78. The summed E-state index contributed by atoms with van der Waals surface area (Å²) >= 11 is 0. The van der Waals surface area contributed by atoms with Crippen molar-refractivity contribution < 1.29 is 19.7 Å². The van der Waals surface area contributed by atoms with E-state index >= 15 is 0 Å². The molecule has 4 nitrogen and oxygen atoms in total. The third-order valence-electron chi connectivity index (χ3n) is 4.36. The summed E-state index contributed by atoms with van der Waals surface area (Å²) in [6.45, 7) is 7.27. The Morgan fingerprint density at radius 2 is 1.32 bits per heavy atom. The second kappa shape index (κ2) is 8.88. The fourth-order valence-electron chi connectivity index (χ4n) is 2.56. The fraction of sp³-hybridized carbons (Fsp3) is 0.429. The number of rotatable bonds is 9. The van der Waals surface area contributed by atoms with Gasteiger partial charge >= 0.3 is 0 Å². The van der Waals surface area contributed by atoms with E-state index in [9.17, 15) is 0 Å². The summed E-state index contributed by atoms with van der Waals surface area (Å²) in [6.07, 6.45) is 0. The summed E-state index contributed by atoms with van der Waals surface area (Å²) in [4.78, 5) is 0. The van der Waals surface area contributed by atoms with Crippen molar-refractivity contribution in [1.29, 1.82) is 0 Å². The Morgan fingerprint density at radius 3 is 1.76 bits per heavy atom. The van der Waals surface area contributed by atoms with Crippen molar-refractivity contribution in [2.75, 3.05) is 26.4 Å². The molecule has 1 atom stereocenters. The highest BCUT2D eigenvalue weighted by molar-refractivity contribution is 5.41. The molecule has 1 unspecified atom stereocenters. The zero-order valence-electron chi connectivity index (χ0n) is 15.2. The number of benzene rings is 2. The largest absolute Gasteiger partial charge is 0.493 e. The van der Waals surface area contributed by atoms with Gasteiger partial charge in [-0.25, -0.2) is 0 Å². The van der Waals surface area contributed by atoms with Crippen molar-refractivity contribution in [1.82, 2.24) is 0 Å². The molecule has 0 heterocycles. The van der Waals surface area contributed by atoms with Gasteiger partial charge in [0.2, 0.25) is 0 Å². The molecule has 0 saturated carbocycles. The van der Waals surface area contributed by atoms with Crippen LogP contribution in [-0.4, -0.2) is 36.6 Å². The second-order valence-electron chi connectivity index (χ2n) is 6.84. The monoisotopic (exact) mass is 344 g/mol. The van der Waals surface area contributed by atoms with Crippen LogP contribution in [0.5, 0.6) is 11.5 Å². The lowest BCUT2D eigenvalue weighted by molar-refractivity contribution is 0.174. The molecule has 25 heavy (non-hydrogen) atoms. The summed E-state index contributed by atoms with van der Waals surface area (Å²) in [5, 5.41) is 17.9. The van der Waals surface area contributed by atoms with Crippen LogP contribution in [0.3, 0.4) is 0 Å². The molecule has 0 aliphatic rings. The normalized spacial score (nSPS) is 12.7. The predicted octanol–water partition coefficient (Wildman–Crippen LogP) is 3.39. The van der Waals surface area contributed by atoms with E-state index in [2.05, 4.69) is 38.1 Å². The van der Waals surface area contributed by atoms with Gasteiger partial charge in [-0.2, -0.15) is 0 Å². The third-order valence-corrected chi connectivity index (χ3v) is 4.36. The van der Waals surface area contributed by atoms with Crippen molar-refractivity contribution in [3.63, 3.8) is 0 Å². The molecule has 0 aliphatic carbocycles. The summed E-state index contributed by atoms with van der Waals surface area (Å²) in [6, 6.07) is 16.1. The Morgan fingerprint density at radius 1 is 0.840 bits per heavy atom. The van der Waals surface area contributed by atoms with Crippen molar-refractivity contribution in [3.8, 4) is 11.5 Å². The van der Waals surface area contributed by atoms with Crippen molar-refractivity contribution in [2.24, 2.45) is 5.92 Å². The molecule has 0 radical (unpaired) electrons. The van der Waals surface area contributed by atoms with Gasteiger partial charge in [-0.05, 0) is 35.4 Å². The van der Waals surface area contributed by atoms with Gasteiger partial charge < -0.3 is 19.7 Å². The second-order valence-corrected chi connectivity index (χ2v) is 6.84. The Hall–Kier alpha value is -2.04. The molecule has 136 valence electrons. The highest BCUT2D eigenvalue weighted by Gasteiger charge is 2.23. The maximum absolute atomic E-state index is 9.06. The van der Waals surface area contributed by atoms with Crippen LogP contribution < -0.4 is 9.47 Å².